The van der Waals surface area contributed by atoms with Crippen LogP contribution in [0.5, 0.6) is 11.5 Å². The van der Waals surface area contributed by atoms with Gasteiger partial charge in [-0.25, -0.2) is 0 Å². The van der Waals surface area contributed by atoms with Crippen molar-refractivity contribution in [3.8, 4) is 11.5 Å². The highest BCUT2D eigenvalue weighted by Crippen LogP contribution is 2.31. The number of likely N-dealkylation sites (tertiary alicyclic amines) is 1. The molecule has 1 unspecified atom stereocenters. The van der Waals surface area contributed by atoms with Crippen molar-refractivity contribution in [3.63, 3.8) is 0 Å². The van der Waals surface area contributed by atoms with Gasteiger partial charge in [-0.3, -0.25) is 4.79 Å². The number of carbonyl (C=O) groups is 1. The van der Waals surface area contributed by atoms with Crippen molar-refractivity contribution in [1.29, 1.82) is 0 Å². The summed E-state index contributed by atoms with van der Waals surface area (Å²) in [5, 5.41) is 19.0. The Bertz CT molecular complexity index is 436. The molecular weight excluding hydrogens is 242 g/mol. The Morgan fingerprint density at radius 1 is 1.47 bits per heavy atom. The molecule has 1 atom stereocenters. The van der Waals surface area contributed by atoms with Gasteiger partial charge in [-0.1, -0.05) is 6.07 Å². The lowest BCUT2D eigenvalue weighted by molar-refractivity contribution is 0.0745. The van der Waals surface area contributed by atoms with Crippen LogP contribution in [-0.2, 0) is 0 Å². The van der Waals surface area contributed by atoms with E-state index in [2.05, 4.69) is 0 Å². The topological polar surface area (TPSA) is 60.8 Å². The monoisotopic (exact) mass is 255 g/mol. The van der Waals surface area contributed by atoms with Gasteiger partial charge in [-0.15, -0.1) is 11.6 Å². The fraction of sp³-hybridized carbons (Fsp3) is 0.417. The molecule has 1 heterocycles. The van der Waals surface area contributed by atoms with Crippen LogP contribution < -0.4 is 0 Å². The molecule has 17 heavy (non-hydrogen) atoms. The highest BCUT2D eigenvalue weighted by molar-refractivity contribution is 6.18. The SMILES string of the molecule is O=C(c1cccc(O)c1O)N1CCCC1CCl. The number of halogens is 1. The number of aromatic hydroxyl groups is 2. The maximum absolute atomic E-state index is 12.2. The molecule has 2 rings (SSSR count). The summed E-state index contributed by atoms with van der Waals surface area (Å²) in [4.78, 5) is 13.8. The van der Waals surface area contributed by atoms with Crippen molar-refractivity contribution < 1.29 is 15.0 Å². The zero-order valence-corrected chi connectivity index (χ0v) is 10.0. The van der Waals surface area contributed by atoms with Gasteiger partial charge in [0.1, 0.15) is 0 Å². The van der Waals surface area contributed by atoms with E-state index in [-0.39, 0.29) is 29.0 Å². The first kappa shape index (κ1) is 12.0. The Balaban J connectivity index is 2.28. The molecule has 4 nitrogen and oxygen atoms in total. The van der Waals surface area contributed by atoms with Gasteiger partial charge in [0.15, 0.2) is 11.5 Å². The van der Waals surface area contributed by atoms with Crippen LogP contribution in [0, 0.1) is 0 Å². The summed E-state index contributed by atoms with van der Waals surface area (Å²) >= 11 is 5.80. The van der Waals surface area contributed by atoms with Gasteiger partial charge in [-0.2, -0.15) is 0 Å². The van der Waals surface area contributed by atoms with Gasteiger partial charge in [0.05, 0.1) is 5.56 Å². The summed E-state index contributed by atoms with van der Waals surface area (Å²) in [7, 11) is 0. The molecule has 2 N–H and O–H groups in total. The van der Waals surface area contributed by atoms with Crippen LogP contribution in [0.2, 0.25) is 0 Å². The quantitative estimate of drug-likeness (QED) is 0.627. The first-order chi connectivity index (χ1) is 8.15. The lowest BCUT2D eigenvalue weighted by Gasteiger charge is -2.23. The van der Waals surface area contributed by atoms with Crippen molar-refractivity contribution in [2.75, 3.05) is 12.4 Å². The van der Waals surface area contributed by atoms with E-state index < -0.39 is 0 Å². The third kappa shape index (κ3) is 2.17. The van der Waals surface area contributed by atoms with E-state index in [9.17, 15) is 15.0 Å². The molecule has 0 saturated carbocycles. The first-order valence-corrected chi connectivity index (χ1v) is 6.06. The first-order valence-electron chi connectivity index (χ1n) is 5.53. The Hall–Kier alpha value is -1.42. The molecular formula is C12H14ClNO3. The molecule has 1 aliphatic rings. The highest BCUT2D eigenvalue weighted by Gasteiger charge is 2.30. The van der Waals surface area contributed by atoms with E-state index >= 15 is 0 Å². The molecule has 1 amide bonds. The van der Waals surface area contributed by atoms with Gasteiger partial charge in [0, 0.05) is 18.5 Å². The lowest BCUT2D eigenvalue weighted by Crippen LogP contribution is -2.36. The number of hydrogen-bond acceptors (Lipinski definition) is 3. The summed E-state index contributed by atoms with van der Waals surface area (Å²) in [6, 6.07) is 4.40. The van der Waals surface area contributed by atoms with Crippen LogP contribution in [0.1, 0.15) is 23.2 Å². The Morgan fingerprint density at radius 2 is 2.24 bits per heavy atom. The predicted octanol–water partition coefficient (Wildman–Crippen LogP) is 1.94. The smallest absolute Gasteiger partial charge is 0.258 e. The van der Waals surface area contributed by atoms with E-state index in [1.165, 1.54) is 18.2 Å². The van der Waals surface area contributed by atoms with Crippen LogP contribution in [0.3, 0.4) is 0 Å². The molecule has 0 aromatic heterocycles. The zero-order valence-electron chi connectivity index (χ0n) is 9.27. The third-order valence-electron chi connectivity index (χ3n) is 3.06. The molecule has 0 spiro atoms. The Kier molecular flexibility index (Phi) is 3.43. The number of carbonyl (C=O) groups excluding carboxylic acids is 1. The van der Waals surface area contributed by atoms with Crippen molar-refractivity contribution in [2.24, 2.45) is 0 Å². The molecule has 1 fully saturated rings. The van der Waals surface area contributed by atoms with Gasteiger partial charge in [0.2, 0.25) is 0 Å². The van der Waals surface area contributed by atoms with E-state index in [1.54, 1.807) is 4.90 Å². The summed E-state index contributed by atoms with van der Waals surface area (Å²) < 4.78 is 0. The largest absolute Gasteiger partial charge is 0.504 e. The highest BCUT2D eigenvalue weighted by atomic mass is 35.5. The zero-order chi connectivity index (χ0) is 12.4. The predicted molar refractivity (Wildman–Crippen MR) is 64.6 cm³/mol. The average Bonchev–Trinajstić information content (AvgIpc) is 2.80. The molecule has 5 heteroatoms. The molecule has 1 saturated heterocycles. The van der Waals surface area contributed by atoms with Crippen LogP contribution >= 0.6 is 11.6 Å². The minimum Gasteiger partial charge on any atom is -0.504 e. The van der Waals surface area contributed by atoms with Crippen LogP contribution in [-0.4, -0.2) is 39.5 Å². The van der Waals surface area contributed by atoms with E-state index in [1.807, 2.05) is 0 Å². The second-order valence-corrected chi connectivity index (χ2v) is 4.43. The summed E-state index contributed by atoms with van der Waals surface area (Å²) in [5.74, 6) is -0.526. The maximum Gasteiger partial charge on any atom is 0.258 e. The van der Waals surface area contributed by atoms with Crippen LogP contribution in [0.25, 0.3) is 0 Å². The van der Waals surface area contributed by atoms with E-state index in [0.29, 0.717) is 12.4 Å². The number of nitrogens with zero attached hydrogens (tertiary/aromatic N) is 1. The number of rotatable bonds is 2. The minimum absolute atomic E-state index is 0.0194. The second-order valence-electron chi connectivity index (χ2n) is 4.12. The van der Waals surface area contributed by atoms with Gasteiger partial charge < -0.3 is 15.1 Å². The maximum atomic E-state index is 12.2. The summed E-state index contributed by atoms with van der Waals surface area (Å²) in [6.07, 6.45) is 1.80. The molecule has 1 aromatic rings. The number of hydrogen-bond donors (Lipinski definition) is 2. The normalized spacial score (nSPS) is 19.6. The molecule has 92 valence electrons. The molecule has 0 bridgehead atoms. The fourth-order valence-corrected chi connectivity index (χ4v) is 2.44. The van der Waals surface area contributed by atoms with Gasteiger partial charge in [0.25, 0.3) is 5.91 Å². The van der Waals surface area contributed by atoms with Crippen molar-refractivity contribution in [3.05, 3.63) is 23.8 Å². The minimum atomic E-state index is -0.363. The number of alkyl halides is 1. The summed E-state index contributed by atoms with van der Waals surface area (Å²) in [5.41, 5.74) is 0.127. The average molecular weight is 256 g/mol. The van der Waals surface area contributed by atoms with Crippen LogP contribution in [0.15, 0.2) is 18.2 Å². The van der Waals surface area contributed by atoms with Crippen molar-refractivity contribution in [2.45, 2.75) is 18.9 Å². The van der Waals surface area contributed by atoms with E-state index in [0.717, 1.165) is 12.8 Å². The number of phenolic OH excluding ortho intramolecular Hbond substituents is 2. The number of amides is 1. The standard InChI is InChI=1S/C12H14ClNO3/c13-7-8-3-2-6-14(8)12(17)9-4-1-5-10(15)11(9)16/h1,4-5,8,15-16H,2-3,6-7H2. The molecule has 1 aliphatic heterocycles. The second kappa shape index (κ2) is 4.84. The lowest BCUT2D eigenvalue weighted by atomic mass is 10.1. The fourth-order valence-electron chi connectivity index (χ4n) is 2.12. The van der Waals surface area contributed by atoms with Gasteiger partial charge in [-0.05, 0) is 25.0 Å². The Morgan fingerprint density at radius 3 is 2.94 bits per heavy atom. The third-order valence-corrected chi connectivity index (χ3v) is 3.42. The molecule has 1 aromatic carbocycles. The molecule has 0 aliphatic carbocycles. The van der Waals surface area contributed by atoms with Crippen molar-refractivity contribution >= 4 is 17.5 Å². The number of benzene rings is 1. The van der Waals surface area contributed by atoms with Gasteiger partial charge >= 0.3 is 0 Å². The number of phenols is 2. The van der Waals surface area contributed by atoms with Crippen molar-refractivity contribution in [1.82, 2.24) is 4.90 Å². The number of para-hydroxylation sites is 1. The molecule has 0 radical (unpaired) electrons. The Labute approximate surface area is 104 Å². The van der Waals surface area contributed by atoms with Crippen LogP contribution in [0.4, 0.5) is 0 Å². The van der Waals surface area contributed by atoms with E-state index in [4.69, 9.17) is 11.6 Å². The summed E-state index contributed by atoms with van der Waals surface area (Å²) in [6.45, 7) is 0.644.